The first kappa shape index (κ1) is 14.0. The van der Waals surface area contributed by atoms with Gasteiger partial charge in [-0.3, -0.25) is 0 Å². The lowest BCUT2D eigenvalue weighted by atomic mass is 9.99. The fraction of sp³-hybridized carbons (Fsp3) is 1.00. The van der Waals surface area contributed by atoms with Crippen LogP contribution in [0.1, 0.15) is 52.4 Å². The van der Waals surface area contributed by atoms with E-state index >= 15 is 0 Å². The quantitative estimate of drug-likeness (QED) is 0.774. The van der Waals surface area contributed by atoms with Gasteiger partial charge in [0, 0.05) is 18.8 Å². The second kappa shape index (κ2) is 5.50. The molecule has 0 aromatic rings. The Morgan fingerprint density at radius 2 is 1.62 bits per heavy atom. The third-order valence-electron chi connectivity index (χ3n) is 3.63. The van der Waals surface area contributed by atoms with Crippen LogP contribution in [0.15, 0.2) is 0 Å². The smallest absolute Gasteiger partial charge is 0.154 e. The molecule has 3 nitrogen and oxygen atoms in total. The van der Waals surface area contributed by atoms with Gasteiger partial charge in [0.25, 0.3) is 0 Å². The molecule has 1 fully saturated rings. The Morgan fingerprint density at radius 1 is 1.12 bits per heavy atom. The molecule has 1 rings (SSSR count). The number of sulfone groups is 1. The number of hydrogen-bond acceptors (Lipinski definition) is 3. The van der Waals surface area contributed by atoms with Crippen molar-refractivity contribution in [3.63, 3.8) is 0 Å². The van der Waals surface area contributed by atoms with E-state index in [0.29, 0.717) is 12.6 Å². The number of rotatable bonds is 4. The Balaban J connectivity index is 2.82. The highest BCUT2D eigenvalue weighted by Gasteiger charge is 2.40. The Morgan fingerprint density at radius 3 is 2.00 bits per heavy atom. The zero-order valence-electron chi connectivity index (χ0n) is 10.8. The van der Waals surface area contributed by atoms with E-state index in [-0.39, 0.29) is 0 Å². The molecule has 0 bridgehead atoms. The van der Waals surface area contributed by atoms with Crippen LogP contribution in [-0.2, 0) is 9.84 Å². The molecule has 0 atom stereocenters. The van der Waals surface area contributed by atoms with Crippen LogP contribution < -0.4 is 5.32 Å². The van der Waals surface area contributed by atoms with E-state index in [1.807, 2.05) is 0 Å². The van der Waals surface area contributed by atoms with E-state index in [1.165, 1.54) is 19.1 Å². The van der Waals surface area contributed by atoms with Crippen LogP contribution in [0.3, 0.4) is 0 Å². The second-order valence-electron chi connectivity index (χ2n) is 5.40. The van der Waals surface area contributed by atoms with Crippen molar-refractivity contribution < 1.29 is 8.42 Å². The maximum absolute atomic E-state index is 12.0. The van der Waals surface area contributed by atoms with Gasteiger partial charge in [-0.25, -0.2) is 8.42 Å². The second-order valence-corrected chi connectivity index (χ2v) is 7.82. The molecule has 0 unspecified atom stereocenters. The first-order valence-electron chi connectivity index (χ1n) is 6.30. The van der Waals surface area contributed by atoms with Gasteiger partial charge >= 0.3 is 0 Å². The highest BCUT2D eigenvalue weighted by Crippen LogP contribution is 2.33. The normalized spacial score (nSPS) is 22.0. The summed E-state index contributed by atoms with van der Waals surface area (Å²) in [5.74, 6) is 0. The molecule has 0 amide bonds. The Bertz CT molecular complexity index is 301. The minimum absolute atomic E-state index is 0.349. The van der Waals surface area contributed by atoms with Crippen LogP contribution in [0.5, 0.6) is 0 Å². The van der Waals surface area contributed by atoms with Crippen molar-refractivity contribution in [1.29, 1.82) is 0 Å². The van der Waals surface area contributed by atoms with Gasteiger partial charge < -0.3 is 5.32 Å². The molecule has 0 spiro atoms. The summed E-state index contributed by atoms with van der Waals surface area (Å²) in [6.45, 7) is 4.74. The van der Waals surface area contributed by atoms with Crippen LogP contribution in [0.4, 0.5) is 0 Å². The van der Waals surface area contributed by atoms with E-state index in [9.17, 15) is 8.42 Å². The molecule has 0 saturated heterocycles. The van der Waals surface area contributed by atoms with Gasteiger partial charge in [0.15, 0.2) is 9.84 Å². The Kier molecular flexibility index (Phi) is 4.80. The SMILES string of the molecule is CC(C)NCC1(S(C)(=O)=O)CCCCCC1. The molecule has 96 valence electrons. The standard InChI is InChI=1S/C12H25NO2S/c1-11(2)13-10-12(16(3,14)15)8-6-4-5-7-9-12/h11,13H,4-10H2,1-3H3. The third kappa shape index (κ3) is 3.45. The van der Waals surface area contributed by atoms with E-state index in [2.05, 4.69) is 19.2 Å². The topological polar surface area (TPSA) is 46.2 Å². The fourth-order valence-corrected chi connectivity index (χ4v) is 3.82. The lowest BCUT2D eigenvalue weighted by Crippen LogP contribution is -2.48. The van der Waals surface area contributed by atoms with Crippen LogP contribution in [-0.4, -0.2) is 32.0 Å². The molecule has 0 aromatic heterocycles. The van der Waals surface area contributed by atoms with Gasteiger partial charge in [0.05, 0.1) is 4.75 Å². The summed E-state index contributed by atoms with van der Waals surface area (Å²) in [5, 5.41) is 3.31. The van der Waals surface area contributed by atoms with Crippen LogP contribution in [0, 0.1) is 0 Å². The van der Waals surface area contributed by atoms with E-state index in [4.69, 9.17) is 0 Å². The highest BCUT2D eigenvalue weighted by atomic mass is 32.2. The van der Waals surface area contributed by atoms with Gasteiger partial charge in [-0.15, -0.1) is 0 Å². The van der Waals surface area contributed by atoms with Gasteiger partial charge in [-0.05, 0) is 12.8 Å². The average Bonchev–Trinajstić information content (AvgIpc) is 2.39. The summed E-state index contributed by atoms with van der Waals surface area (Å²) in [4.78, 5) is 0. The minimum atomic E-state index is -2.97. The molecular weight excluding hydrogens is 222 g/mol. The predicted molar refractivity (Wildman–Crippen MR) is 68.4 cm³/mol. The first-order chi connectivity index (χ1) is 7.37. The summed E-state index contributed by atoms with van der Waals surface area (Å²) >= 11 is 0. The summed E-state index contributed by atoms with van der Waals surface area (Å²) in [7, 11) is -2.97. The van der Waals surface area contributed by atoms with Crippen molar-refractivity contribution >= 4 is 9.84 Å². The van der Waals surface area contributed by atoms with Crippen molar-refractivity contribution in [3.8, 4) is 0 Å². The van der Waals surface area contributed by atoms with Gasteiger partial charge in [-0.1, -0.05) is 39.5 Å². The molecule has 1 aliphatic carbocycles. The molecule has 0 aromatic carbocycles. The number of nitrogens with one attached hydrogen (secondary N) is 1. The lowest BCUT2D eigenvalue weighted by molar-refractivity contribution is 0.416. The predicted octanol–water partition coefficient (Wildman–Crippen LogP) is 2.12. The first-order valence-corrected chi connectivity index (χ1v) is 8.19. The summed E-state index contributed by atoms with van der Waals surface area (Å²) < 4.78 is 23.6. The highest BCUT2D eigenvalue weighted by molar-refractivity contribution is 7.92. The Labute approximate surface area is 99.9 Å². The van der Waals surface area contributed by atoms with Gasteiger partial charge in [0.2, 0.25) is 0 Å². The molecule has 1 saturated carbocycles. The zero-order valence-corrected chi connectivity index (χ0v) is 11.6. The van der Waals surface area contributed by atoms with Crippen molar-refractivity contribution in [1.82, 2.24) is 5.32 Å². The summed E-state index contributed by atoms with van der Waals surface area (Å²) in [6.07, 6.45) is 7.51. The molecule has 16 heavy (non-hydrogen) atoms. The van der Waals surface area contributed by atoms with Crippen LogP contribution in [0.2, 0.25) is 0 Å². The molecular formula is C12H25NO2S. The van der Waals surface area contributed by atoms with Crippen molar-refractivity contribution in [2.45, 2.75) is 63.2 Å². The third-order valence-corrected chi connectivity index (χ3v) is 5.76. The monoisotopic (exact) mass is 247 g/mol. The average molecular weight is 247 g/mol. The van der Waals surface area contributed by atoms with Gasteiger partial charge in [0.1, 0.15) is 0 Å². The Hall–Kier alpha value is -0.0900. The zero-order chi connectivity index (χ0) is 12.2. The summed E-state index contributed by atoms with van der Waals surface area (Å²) in [6, 6.07) is 0.349. The molecule has 4 heteroatoms. The fourth-order valence-electron chi connectivity index (χ4n) is 2.44. The van der Waals surface area contributed by atoms with Crippen molar-refractivity contribution in [2.24, 2.45) is 0 Å². The molecule has 0 aliphatic heterocycles. The van der Waals surface area contributed by atoms with E-state index in [0.717, 1.165) is 25.7 Å². The van der Waals surface area contributed by atoms with Crippen LogP contribution >= 0.6 is 0 Å². The molecule has 0 heterocycles. The minimum Gasteiger partial charge on any atom is -0.313 e. The summed E-state index contributed by atoms with van der Waals surface area (Å²) in [5.41, 5.74) is 0. The molecule has 1 aliphatic rings. The van der Waals surface area contributed by atoms with E-state index < -0.39 is 14.6 Å². The van der Waals surface area contributed by atoms with Crippen LogP contribution in [0.25, 0.3) is 0 Å². The largest absolute Gasteiger partial charge is 0.313 e. The maximum atomic E-state index is 12.0. The maximum Gasteiger partial charge on any atom is 0.154 e. The van der Waals surface area contributed by atoms with Crippen molar-refractivity contribution in [2.75, 3.05) is 12.8 Å². The number of hydrogen-bond donors (Lipinski definition) is 1. The molecule has 1 N–H and O–H groups in total. The lowest BCUT2D eigenvalue weighted by Gasteiger charge is -2.32. The van der Waals surface area contributed by atoms with E-state index in [1.54, 1.807) is 0 Å². The van der Waals surface area contributed by atoms with Gasteiger partial charge in [-0.2, -0.15) is 0 Å². The molecule has 0 radical (unpaired) electrons. The van der Waals surface area contributed by atoms with Crippen molar-refractivity contribution in [3.05, 3.63) is 0 Å².